The van der Waals surface area contributed by atoms with Crippen LogP contribution < -0.4 is 10.2 Å². The van der Waals surface area contributed by atoms with E-state index in [1.807, 2.05) is 30.3 Å². The standard InChI is InChI=1S/C19H17N5O/c25-19(21-13-14-7-10-20-11-8-14)16-5-6-18(23-22-16)24-12-9-15-3-1-2-4-17(15)24/h1-8,10-11H,9,12-13H2,(H,21,25). The summed E-state index contributed by atoms with van der Waals surface area (Å²) in [6.07, 6.45) is 4.39. The number of para-hydroxylation sites is 1. The average Bonchev–Trinajstić information content (AvgIpc) is 3.11. The van der Waals surface area contributed by atoms with Crippen LogP contribution in [0.3, 0.4) is 0 Å². The third-order valence-corrected chi connectivity index (χ3v) is 4.25. The predicted octanol–water partition coefficient (Wildman–Crippen LogP) is 2.50. The molecule has 1 aliphatic rings. The Morgan fingerprint density at radius 3 is 2.68 bits per heavy atom. The van der Waals surface area contributed by atoms with Gasteiger partial charge >= 0.3 is 0 Å². The number of aromatic nitrogens is 3. The number of hydrogen-bond donors (Lipinski definition) is 1. The van der Waals surface area contributed by atoms with Gasteiger partial charge in [-0.3, -0.25) is 9.78 Å². The van der Waals surface area contributed by atoms with Crippen LogP contribution in [0.25, 0.3) is 0 Å². The molecule has 25 heavy (non-hydrogen) atoms. The first-order valence-corrected chi connectivity index (χ1v) is 8.17. The Kier molecular flexibility index (Phi) is 4.08. The van der Waals surface area contributed by atoms with Crippen molar-refractivity contribution in [2.45, 2.75) is 13.0 Å². The minimum absolute atomic E-state index is 0.238. The lowest BCUT2D eigenvalue weighted by molar-refractivity contribution is 0.0945. The van der Waals surface area contributed by atoms with E-state index in [4.69, 9.17) is 0 Å². The van der Waals surface area contributed by atoms with Crippen molar-refractivity contribution in [3.8, 4) is 0 Å². The first kappa shape index (κ1) is 15.3. The van der Waals surface area contributed by atoms with Crippen LogP contribution in [-0.2, 0) is 13.0 Å². The Morgan fingerprint density at radius 1 is 1.04 bits per heavy atom. The topological polar surface area (TPSA) is 71.0 Å². The summed E-state index contributed by atoms with van der Waals surface area (Å²) < 4.78 is 0. The molecule has 6 nitrogen and oxygen atoms in total. The highest BCUT2D eigenvalue weighted by atomic mass is 16.1. The van der Waals surface area contributed by atoms with Crippen molar-refractivity contribution in [3.05, 3.63) is 77.7 Å². The number of fused-ring (bicyclic) bond motifs is 1. The van der Waals surface area contributed by atoms with Crippen LogP contribution in [0.5, 0.6) is 0 Å². The van der Waals surface area contributed by atoms with Crippen LogP contribution in [0.4, 0.5) is 11.5 Å². The number of pyridine rings is 1. The maximum atomic E-state index is 12.2. The van der Waals surface area contributed by atoms with E-state index in [1.165, 1.54) is 5.56 Å². The molecule has 124 valence electrons. The average molecular weight is 331 g/mol. The minimum atomic E-state index is -0.238. The highest BCUT2D eigenvalue weighted by molar-refractivity contribution is 5.92. The lowest BCUT2D eigenvalue weighted by Gasteiger charge is -2.17. The fourth-order valence-corrected chi connectivity index (χ4v) is 2.94. The summed E-state index contributed by atoms with van der Waals surface area (Å²) in [5.41, 5.74) is 3.77. The lowest BCUT2D eigenvalue weighted by atomic mass is 10.2. The van der Waals surface area contributed by atoms with Crippen molar-refractivity contribution in [1.82, 2.24) is 20.5 Å². The van der Waals surface area contributed by atoms with Gasteiger partial charge in [0.15, 0.2) is 11.5 Å². The normalized spacial score (nSPS) is 12.7. The number of carbonyl (C=O) groups is 1. The number of rotatable bonds is 4. The molecule has 1 amide bonds. The molecule has 0 spiro atoms. The Morgan fingerprint density at radius 2 is 1.88 bits per heavy atom. The first-order chi connectivity index (χ1) is 12.3. The SMILES string of the molecule is O=C(NCc1ccncc1)c1ccc(N2CCc3ccccc32)nn1. The van der Waals surface area contributed by atoms with Crippen LogP contribution in [-0.4, -0.2) is 27.6 Å². The fraction of sp³-hybridized carbons (Fsp3) is 0.158. The van der Waals surface area contributed by atoms with Gasteiger partial charge in [0.1, 0.15) is 0 Å². The zero-order valence-electron chi connectivity index (χ0n) is 13.6. The van der Waals surface area contributed by atoms with Crippen LogP contribution >= 0.6 is 0 Å². The summed E-state index contributed by atoms with van der Waals surface area (Å²) in [5.74, 6) is 0.522. The number of nitrogens with zero attached hydrogens (tertiary/aromatic N) is 4. The smallest absolute Gasteiger partial charge is 0.272 e. The molecular weight excluding hydrogens is 314 g/mol. The van der Waals surface area contributed by atoms with Gasteiger partial charge < -0.3 is 10.2 Å². The van der Waals surface area contributed by atoms with E-state index in [-0.39, 0.29) is 5.91 Å². The number of amides is 1. The van der Waals surface area contributed by atoms with Crippen molar-refractivity contribution in [2.75, 3.05) is 11.4 Å². The number of anilines is 2. The van der Waals surface area contributed by atoms with Crippen LogP contribution in [0.15, 0.2) is 60.9 Å². The second kappa shape index (κ2) is 6.68. The third-order valence-electron chi connectivity index (χ3n) is 4.25. The van der Waals surface area contributed by atoms with Gasteiger partial charge in [-0.1, -0.05) is 18.2 Å². The van der Waals surface area contributed by atoms with Crippen molar-refractivity contribution in [1.29, 1.82) is 0 Å². The number of nitrogens with one attached hydrogen (secondary N) is 1. The molecule has 1 aromatic carbocycles. The van der Waals surface area contributed by atoms with Crippen molar-refractivity contribution in [3.63, 3.8) is 0 Å². The lowest BCUT2D eigenvalue weighted by Crippen LogP contribution is -2.24. The molecule has 0 fully saturated rings. The second-order valence-electron chi connectivity index (χ2n) is 5.85. The van der Waals surface area contributed by atoms with E-state index >= 15 is 0 Å². The van der Waals surface area contributed by atoms with Gasteiger partial charge in [-0.15, -0.1) is 10.2 Å². The molecule has 0 bridgehead atoms. The Balaban J connectivity index is 1.45. The quantitative estimate of drug-likeness (QED) is 0.795. The van der Waals surface area contributed by atoms with Gasteiger partial charge in [0.05, 0.1) is 0 Å². The molecule has 0 radical (unpaired) electrons. The molecule has 1 aliphatic heterocycles. The number of carbonyl (C=O) groups excluding carboxylic acids is 1. The van der Waals surface area contributed by atoms with Crippen molar-refractivity contribution < 1.29 is 4.79 Å². The van der Waals surface area contributed by atoms with Gasteiger partial charge in [0.25, 0.3) is 5.91 Å². The summed E-state index contributed by atoms with van der Waals surface area (Å²) in [4.78, 5) is 18.3. The second-order valence-corrected chi connectivity index (χ2v) is 5.85. The summed E-state index contributed by atoms with van der Waals surface area (Å²) in [5, 5.41) is 11.2. The van der Waals surface area contributed by atoms with Gasteiger partial charge in [-0.05, 0) is 47.9 Å². The summed E-state index contributed by atoms with van der Waals surface area (Å²) in [6, 6.07) is 15.6. The summed E-state index contributed by atoms with van der Waals surface area (Å²) in [6.45, 7) is 1.31. The third kappa shape index (κ3) is 3.19. The van der Waals surface area contributed by atoms with Crippen LogP contribution in [0.2, 0.25) is 0 Å². The molecule has 3 heterocycles. The van der Waals surface area contributed by atoms with E-state index < -0.39 is 0 Å². The highest BCUT2D eigenvalue weighted by Crippen LogP contribution is 2.32. The molecule has 2 aromatic heterocycles. The number of hydrogen-bond acceptors (Lipinski definition) is 5. The zero-order valence-corrected chi connectivity index (χ0v) is 13.6. The van der Waals surface area contributed by atoms with Gasteiger partial charge in [-0.2, -0.15) is 0 Å². The Bertz CT molecular complexity index is 880. The van der Waals surface area contributed by atoms with Crippen LogP contribution in [0, 0.1) is 0 Å². The maximum absolute atomic E-state index is 12.2. The molecule has 0 atom stereocenters. The Labute approximate surface area is 145 Å². The molecule has 6 heteroatoms. The highest BCUT2D eigenvalue weighted by Gasteiger charge is 2.21. The largest absolute Gasteiger partial charge is 0.347 e. The van der Waals surface area contributed by atoms with Gasteiger partial charge in [-0.25, -0.2) is 0 Å². The molecule has 0 aliphatic carbocycles. The van der Waals surface area contributed by atoms with Crippen molar-refractivity contribution in [2.24, 2.45) is 0 Å². The number of benzene rings is 1. The van der Waals surface area contributed by atoms with E-state index in [1.54, 1.807) is 18.5 Å². The van der Waals surface area contributed by atoms with Gasteiger partial charge in [0.2, 0.25) is 0 Å². The monoisotopic (exact) mass is 331 g/mol. The van der Waals surface area contributed by atoms with E-state index in [0.717, 1.165) is 30.0 Å². The summed E-state index contributed by atoms with van der Waals surface area (Å²) >= 11 is 0. The molecule has 0 saturated heterocycles. The molecule has 3 aromatic rings. The van der Waals surface area contributed by atoms with Crippen molar-refractivity contribution >= 4 is 17.4 Å². The predicted molar refractivity (Wildman–Crippen MR) is 94.6 cm³/mol. The van der Waals surface area contributed by atoms with Gasteiger partial charge in [0, 0.05) is 31.2 Å². The first-order valence-electron chi connectivity index (χ1n) is 8.17. The maximum Gasteiger partial charge on any atom is 0.272 e. The zero-order chi connectivity index (χ0) is 17.1. The van der Waals surface area contributed by atoms with E-state index in [2.05, 4.69) is 37.5 Å². The van der Waals surface area contributed by atoms with E-state index in [0.29, 0.717) is 12.2 Å². The van der Waals surface area contributed by atoms with E-state index in [9.17, 15) is 4.79 Å². The molecule has 0 unspecified atom stereocenters. The Hall–Kier alpha value is -3.28. The summed E-state index contributed by atoms with van der Waals surface area (Å²) in [7, 11) is 0. The minimum Gasteiger partial charge on any atom is -0.347 e. The van der Waals surface area contributed by atoms with Crippen LogP contribution in [0.1, 0.15) is 21.6 Å². The molecular formula is C19H17N5O. The molecule has 4 rings (SSSR count). The fourth-order valence-electron chi connectivity index (χ4n) is 2.94. The molecule has 1 N–H and O–H groups in total. The molecule has 0 saturated carbocycles.